The minimum absolute atomic E-state index is 0.0450. The lowest BCUT2D eigenvalue weighted by atomic mass is 9.68. The Hall–Kier alpha value is -6.50. The van der Waals surface area contributed by atoms with Crippen LogP contribution in [0.5, 0.6) is 0 Å². The van der Waals surface area contributed by atoms with Crippen LogP contribution in [0.1, 0.15) is 52.7 Å². The van der Waals surface area contributed by atoms with Crippen LogP contribution in [0.25, 0.3) is 110 Å². The predicted molar refractivity (Wildman–Crippen MR) is 257 cm³/mol. The molecule has 0 spiro atoms. The highest BCUT2D eigenvalue weighted by Gasteiger charge is 2.43. The van der Waals surface area contributed by atoms with Gasteiger partial charge in [0.05, 0.1) is 0 Å². The minimum atomic E-state index is 0.0450. The summed E-state index contributed by atoms with van der Waals surface area (Å²) in [4.78, 5) is 0. The smallest absolute Gasteiger partial charge is 0.0200 e. The molecule has 8 aromatic carbocycles. The molecule has 5 aliphatic rings. The van der Waals surface area contributed by atoms with Gasteiger partial charge in [-0.15, -0.1) is 0 Å². The number of hydrogen-bond acceptors (Lipinski definition) is 0. The summed E-state index contributed by atoms with van der Waals surface area (Å²) < 4.78 is 0. The third-order valence-electron chi connectivity index (χ3n) is 14.5. The fourth-order valence-electron chi connectivity index (χ4n) is 11.7. The van der Waals surface area contributed by atoms with Crippen molar-refractivity contribution in [2.24, 2.45) is 22.7 Å². The van der Waals surface area contributed by atoms with Crippen LogP contribution in [0.15, 0.2) is 169 Å². The van der Waals surface area contributed by atoms with E-state index in [2.05, 4.69) is 199 Å². The lowest BCUT2D eigenvalue weighted by Crippen LogP contribution is -2.23. The second-order valence-electron chi connectivity index (χ2n) is 20.0. The third kappa shape index (κ3) is 4.52. The van der Waals surface area contributed by atoms with Crippen LogP contribution in [0, 0.1) is 22.7 Å². The van der Waals surface area contributed by atoms with Gasteiger partial charge in [-0.3, -0.25) is 0 Å². The Morgan fingerprint density at radius 3 is 1.20 bits per heavy atom. The molecule has 0 radical (unpaired) electrons. The Kier molecular flexibility index (Phi) is 6.65. The number of hydrogen-bond donors (Lipinski definition) is 0. The molecule has 0 heterocycles. The summed E-state index contributed by atoms with van der Waals surface area (Å²) in [5.41, 5.74) is 24.8. The molecule has 0 aromatic heterocycles. The second-order valence-corrected chi connectivity index (χ2v) is 20.0. The highest BCUT2D eigenvalue weighted by atomic mass is 14.5. The first kappa shape index (κ1) is 34.4. The van der Waals surface area contributed by atoms with Gasteiger partial charge >= 0.3 is 0 Å². The van der Waals surface area contributed by atoms with Gasteiger partial charge < -0.3 is 0 Å². The van der Waals surface area contributed by atoms with E-state index in [1.165, 1.54) is 132 Å². The van der Waals surface area contributed by atoms with Crippen molar-refractivity contribution in [1.82, 2.24) is 0 Å². The molecule has 0 N–H and O–H groups in total. The summed E-state index contributed by atoms with van der Waals surface area (Å²) in [6, 6.07) is 51.2. The lowest BCUT2D eigenvalue weighted by Gasteiger charge is -2.36. The fraction of sp³-hybridized carbons (Fsp3) is 0.167. The number of fused-ring (bicyclic) bond motifs is 11. The summed E-state index contributed by atoms with van der Waals surface area (Å²) in [7, 11) is 0. The zero-order chi connectivity index (χ0) is 40.4. The van der Waals surface area contributed by atoms with Crippen LogP contribution in [-0.2, 0) is 0 Å². The van der Waals surface area contributed by atoms with Crippen molar-refractivity contribution in [3.63, 3.8) is 0 Å². The molecular weight excluding hydrogens is 721 g/mol. The first-order valence-electron chi connectivity index (χ1n) is 21.8. The zero-order valence-corrected chi connectivity index (χ0v) is 35.2. The average molecular weight is 767 g/mol. The van der Waals surface area contributed by atoms with Crippen molar-refractivity contribution in [2.75, 3.05) is 0 Å². The topological polar surface area (TPSA) is 0 Å². The average Bonchev–Trinajstić information content (AvgIpc) is 3.86. The van der Waals surface area contributed by atoms with Crippen LogP contribution in [0.4, 0.5) is 0 Å². The maximum absolute atomic E-state index is 2.61. The first-order chi connectivity index (χ1) is 29.0. The molecule has 0 saturated carbocycles. The van der Waals surface area contributed by atoms with E-state index >= 15 is 0 Å². The van der Waals surface area contributed by atoms with Gasteiger partial charge in [0.2, 0.25) is 0 Å². The van der Waals surface area contributed by atoms with Crippen molar-refractivity contribution in [3.8, 4) is 66.8 Å². The predicted octanol–water partition coefficient (Wildman–Crippen LogP) is 16.8. The highest BCUT2D eigenvalue weighted by molar-refractivity contribution is 6.33. The van der Waals surface area contributed by atoms with Crippen LogP contribution in [0.2, 0.25) is 0 Å². The molecule has 60 heavy (non-hydrogen) atoms. The zero-order valence-electron chi connectivity index (χ0n) is 35.2. The summed E-state index contributed by atoms with van der Waals surface area (Å²) in [5, 5.41) is 8.04. The van der Waals surface area contributed by atoms with E-state index in [0.717, 1.165) is 0 Å². The maximum Gasteiger partial charge on any atom is 0.0200 e. The summed E-state index contributed by atoms with van der Waals surface area (Å²) in [5.74, 6) is 0.660. The minimum Gasteiger partial charge on any atom is -0.0729 e. The quantitative estimate of drug-likeness (QED) is 0.164. The van der Waals surface area contributed by atoms with E-state index < -0.39 is 0 Å². The van der Waals surface area contributed by atoms with Crippen molar-refractivity contribution in [1.29, 1.82) is 0 Å². The van der Waals surface area contributed by atoms with E-state index in [1.54, 1.807) is 0 Å². The molecule has 0 bridgehead atoms. The molecule has 0 amide bonds. The third-order valence-corrected chi connectivity index (χ3v) is 14.5. The molecule has 0 aliphatic heterocycles. The summed E-state index contributed by atoms with van der Waals surface area (Å²) in [6.07, 6.45) is 10.3. The molecule has 0 unspecified atom stereocenters. The van der Waals surface area contributed by atoms with Crippen molar-refractivity contribution >= 4 is 43.5 Å². The summed E-state index contributed by atoms with van der Waals surface area (Å²) >= 11 is 0. The molecule has 0 saturated heterocycles. The lowest BCUT2D eigenvalue weighted by molar-refractivity contribution is 0.491. The summed E-state index contributed by atoms with van der Waals surface area (Å²) in [6.45, 7) is 14.2. The molecule has 0 heteroatoms. The maximum atomic E-state index is 2.61. The molecule has 0 nitrogen and oxygen atoms in total. The van der Waals surface area contributed by atoms with E-state index in [0.29, 0.717) is 11.8 Å². The van der Waals surface area contributed by atoms with Crippen molar-refractivity contribution < 1.29 is 0 Å². The SMILES string of the molecule is CC(C)(C)C1=CC2C=C(C(C)(C)C)C=C3c4cc5c(-c6ccccc6)c6c(c(-c7ccccc7)c5cc4C(=C1)C32)-c1ccc2c3c(ccc-6c13)-c1cc3ccccc3cc1-2. The second kappa shape index (κ2) is 11.6. The number of rotatable bonds is 2. The van der Waals surface area contributed by atoms with Gasteiger partial charge in [0, 0.05) is 11.8 Å². The Bertz CT molecular complexity index is 3180. The molecule has 8 aromatic rings. The molecule has 286 valence electrons. The monoisotopic (exact) mass is 766 g/mol. The van der Waals surface area contributed by atoms with Crippen LogP contribution in [-0.4, -0.2) is 0 Å². The largest absolute Gasteiger partial charge is 0.0729 e. The first-order valence-corrected chi connectivity index (χ1v) is 21.8. The fourth-order valence-corrected chi connectivity index (χ4v) is 11.7. The van der Waals surface area contributed by atoms with Gasteiger partial charge in [0.15, 0.2) is 0 Å². The van der Waals surface area contributed by atoms with Crippen LogP contribution >= 0.6 is 0 Å². The molecule has 13 rings (SSSR count). The number of allylic oxidation sites excluding steroid dienone is 8. The van der Waals surface area contributed by atoms with Crippen molar-refractivity contribution in [2.45, 2.75) is 41.5 Å². The van der Waals surface area contributed by atoms with Gasteiger partial charge in [0.1, 0.15) is 0 Å². The van der Waals surface area contributed by atoms with E-state index in [9.17, 15) is 0 Å². The van der Waals surface area contributed by atoms with Crippen LogP contribution in [0.3, 0.4) is 0 Å². The molecular formula is C60H46. The Labute approximate surface area is 352 Å². The molecule has 5 aliphatic carbocycles. The standard InChI is InChI=1S/C60H46/c1-59(2,3)38-25-37-26-39(60(4,5)6)30-49-47-32-51-50(31-46(47)48(29-38)52(37)49)53(33-15-9-7-10-16-33)57-42-23-21-40-44-27-35-19-13-14-20-36(35)28-45(44)41-22-24-43(56(42)55(40)41)58(57)54(51)34-17-11-8-12-18-34/h7-32,37,52H,1-6H3. The van der Waals surface area contributed by atoms with Gasteiger partial charge in [0.25, 0.3) is 0 Å². The van der Waals surface area contributed by atoms with Gasteiger partial charge in [-0.05, 0) is 168 Å². The van der Waals surface area contributed by atoms with Crippen molar-refractivity contribution in [3.05, 3.63) is 180 Å². The van der Waals surface area contributed by atoms with Gasteiger partial charge in [-0.1, -0.05) is 175 Å². The van der Waals surface area contributed by atoms with E-state index in [1.807, 2.05) is 0 Å². The molecule has 0 fully saturated rings. The van der Waals surface area contributed by atoms with E-state index in [4.69, 9.17) is 0 Å². The van der Waals surface area contributed by atoms with E-state index in [-0.39, 0.29) is 10.8 Å². The Morgan fingerprint density at radius 2 is 0.767 bits per heavy atom. The molecule has 0 atom stereocenters. The van der Waals surface area contributed by atoms with Gasteiger partial charge in [-0.2, -0.15) is 0 Å². The van der Waals surface area contributed by atoms with Gasteiger partial charge in [-0.25, -0.2) is 0 Å². The Balaban J connectivity index is 1.18. The normalized spacial score (nSPS) is 17.9. The van der Waals surface area contributed by atoms with Crippen LogP contribution < -0.4 is 0 Å². The Morgan fingerprint density at radius 1 is 0.367 bits per heavy atom. The number of benzene rings is 8. The highest BCUT2D eigenvalue weighted by Crippen LogP contribution is 2.64.